The van der Waals surface area contributed by atoms with Crippen LogP contribution in [0.4, 0.5) is 4.39 Å². The molecule has 0 aromatic heterocycles. The average molecular weight is 349 g/mol. The van der Waals surface area contributed by atoms with Crippen molar-refractivity contribution in [3.05, 3.63) is 35.6 Å². The summed E-state index contributed by atoms with van der Waals surface area (Å²) in [7, 11) is 1.50. The predicted molar refractivity (Wildman–Crippen MR) is 88.1 cm³/mol. The molecule has 1 aliphatic rings. The average Bonchev–Trinajstić information content (AvgIpc) is 2.58. The zero-order valence-corrected chi connectivity index (χ0v) is 14.1. The summed E-state index contributed by atoms with van der Waals surface area (Å²) in [6.07, 6.45) is 0.359. The molecular formula is C17H20FN3O4. The maximum absolute atomic E-state index is 13.0. The van der Waals surface area contributed by atoms with Gasteiger partial charge in [-0.2, -0.15) is 5.10 Å². The summed E-state index contributed by atoms with van der Waals surface area (Å²) >= 11 is 0. The van der Waals surface area contributed by atoms with Crippen LogP contribution in [0.1, 0.15) is 25.3 Å². The third-order valence-electron chi connectivity index (χ3n) is 3.91. The summed E-state index contributed by atoms with van der Waals surface area (Å²) in [5.41, 5.74) is 0.904. The molecule has 134 valence electrons. The minimum atomic E-state index is -0.988. The molecule has 1 atom stereocenters. The van der Waals surface area contributed by atoms with Gasteiger partial charge in [-0.25, -0.2) is 9.40 Å². The lowest BCUT2D eigenvalue weighted by molar-refractivity contribution is -0.142. The lowest BCUT2D eigenvalue weighted by atomic mass is 10.1. The number of hydrogen-bond donors (Lipinski definition) is 1. The predicted octanol–water partition coefficient (Wildman–Crippen LogP) is 1.48. The largest absolute Gasteiger partial charge is 0.481 e. The van der Waals surface area contributed by atoms with Gasteiger partial charge in [-0.1, -0.05) is 19.1 Å². The molecule has 1 unspecified atom stereocenters. The van der Waals surface area contributed by atoms with E-state index in [2.05, 4.69) is 5.10 Å². The molecule has 2 amide bonds. The Labute approximate surface area is 144 Å². The molecule has 0 radical (unpaired) electrons. The second-order valence-corrected chi connectivity index (χ2v) is 6.05. The van der Waals surface area contributed by atoms with Crippen LogP contribution in [0.15, 0.2) is 29.4 Å². The van der Waals surface area contributed by atoms with Crippen molar-refractivity contribution >= 4 is 23.5 Å². The third-order valence-corrected chi connectivity index (χ3v) is 3.91. The summed E-state index contributed by atoms with van der Waals surface area (Å²) in [5, 5.41) is 14.3. The van der Waals surface area contributed by atoms with Crippen molar-refractivity contribution in [1.82, 2.24) is 9.91 Å². The molecule has 1 aliphatic heterocycles. The van der Waals surface area contributed by atoms with Crippen LogP contribution in [0, 0.1) is 11.7 Å². The van der Waals surface area contributed by atoms with E-state index >= 15 is 0 Å². The van der Waals surface area contributed by atoms with Crippen LogP contribution >= 0.6 is 0 Å². The summed E-state index contributed by atoms with van der Waals surface area (Å²) < 4.78 is 13.0. The SMILES string of the molecule is CC(CN(C)C(=O)C1=NN(Cc2ccc(F)cc2)C(=O)CC1)C(=O)O. The summed E-state index contributed by atoms with van der Waals surface area (Å²) in [4.78, 5) is 36.6. The van der Waals surface area contributed by atoms with Crippen molar-refractivity contribution in [2.24, 2.45) is 11.0 Å². The molecule has 0 aliphatic carbocycles. The number of aliphatic carboxylic acids is 1. The monoisotopic (exact) mass is 349 g/mol. The quantitative estimate of drug-likeness (QED) is 0.842. The van der Waals surface area contributed by atoms with Gasteiger partial charge in [0.15, 0.2) is 0 Å². The minimum absolute atomic E-state index is 0.0547. The van der Waals surface area contributed by atoms with Crippen LogP contribution in [0.5, 0.6) is 0 Å². The number of carbonyl (C=O) groups is 3. The highest BCUT2D eigenvalue weighted by molar-refractivity contribution is 6.39. The molecular weight excluding hydrogens is 329 g/mol. The van der Waals surface area contributed by atoms with Gasteiger partial charge in [0, 0.05) is 26.4 Å². The van der Waals surface area contributed by atoms with E-state index in [9.17, 15) is 18.8 Å². The Morgan fingerprint density at radius 2 is 1.96 bits per heavy atom. The third kappa shape index (κ3) is 4.85. The first-order chi connectivity index (χ1) is 11.8. The van der Waals surface area contributed by atoms with Crippen LogP contribution in [-0.4, -0.2) is 52.1 Å². The fourth-order valence-electron chi connectivity index (χ4n) is 2.43. The number of carboxylic acids is 1. The van der Waals surface area contributed by atoms with Gasteiger partial charge in [0.05, 0.1) is 12.5 Å². The number of rotatable bonds is 6. The molecule has 25 heavy (non-hydrogen) atoms. The second kappa shape index (κ2) is 7.87. The lowest BCUT2D eigenvalue weighted by Crippen LogP contribution is -2.41. The van der Waals surface area contributed by atoms with Crippen LogP contribution in [-0.2, 0) is 20.9 Å². The Balaban J connectivity index is 2.09. The van der Waals surface area contributed by atoms with Gasteiger partial charge in [-0.05, 0) is 17.7 Å². The zero-order chi connectivity index (χ0) is 18.6. The van der Waals surface area contributed by atoms with E-state index in [1.54, 1.807) is 12.1 Å². The van der Waals surface area contributed by atoms with E-state index in [1.165, 1.54) is 36.0 Å². The van der Waals surface area contributed by atoms with E-state index < -0.39 is 17.8 Å². The van der Waals surface area contributed by atoms with Crippen molar-refractivity contribution in [1.29, 1.82) is 0 Å². The van der Waals surface area contributed by atoms with Gasteiger partial charge in [0.1, 0.15) is 11.5 Å². The van der Waals surface area contributed by atoms with Crippen molar-refractivity contribution < 1.29 is 23.9 Å². The number of amides is 2. The van der Waals surface area contributed by atoms with E-state index in [0.717, 1.165) is 0 Å². The first-order valence-corrected chi connectivity index (χ1v) is 7.88. The molecule has 0 spiro atoms. The van der Waals surface area contributed by atoms with Gasteiger partial charge in [0.2, 0.25) is 5.91 Å². The van der Waals surface area contributed by atoms with E-state index in [0.29, 0.717) is 5.56 Å². The number of carbonyl (C=O) groups excluding carboxylic acids is 2. The maximum Gasteiger partial charge on any atom is 0.308 e. The molecule has 0 saturated carbocycles. The smallest absolute Gasteiger partial charge is 0.308 e. The first-order valence-electron chi connectivity index (χ1n) is 7.88. The van der Waals surface area contributed by atoms with Crippen molar-refractivity contribution in [3.8, 4) is 0 Å². The summed E-state index contributed by atoms with van der Waals surface area (Å²) in [6, 6.07) is 5.69. The van der Waals surface area contributed by atoms with Crippen molar-refractivity contribution in [2.75, 3.05) is 13.6 Å². The highest BCUT2D eigenvalue weighted by atomic mass is 19.1. The number of nitrogens with zero attached hydrogens (tertiary/aromatic N) is 3. The number of carboxylic acid groups (broad SMARTS) is 1. The Bertz CT molecular complexity index is 702. The van der Waals surface area contributed by atoms with Crippen molar-refractivity contribution in [2.45, 2.75) is 26.3 Å². The standard InChI is InChI=1S/C17H20FN3O4/c1-11(17(24)25)9-20(2)16(23)14-7-8-15(22)21(19-14)10-12-3-5-13(18)6-4-12/h3-6,11H,7-10H2,1-2H3,(H,24,25). The van der Waals surface area contributed by atoms with Gasteiger partial charge >= 0.3 is 5.97 Å². The number of halogens is 1. The topological polar surface area (TPSA) is 90.3 Å². The summed E-state index contributed by atoms with van der Waals surface area (Å²) in [5.74, 6) is -2.68. The molecule has 8 heteroatoms. The minimum Gasteiger partial charge on any atom is -0.481 e. The molecule has 2 rings (SSSR count). The van der Waals surface area contributed by atoms with Crippen LogP contribution in [0.3, 0.4) is 0 Å². The van der Waals surface area contributed by atoms with Crippen LogP contribution in [0.25, 0.3) is 0 Å². The number of hydrazone groups is 1. The highest BCUT2D eigenvalue weighted by Gasteiger charge is 2.27. The first kappa shape index (κ1) is 18.6. The number of benzene rings is 1. The van der Waals surface area contributed by atoms with E-state index in [-0.39, 0.29) is 43.4 Å². The van der Waals surface area contributed by atoms with Crippen LogP contribution in [0.2, 0.25) is 0 Å². The summed E-state index contributed by atoms with van der Waals surface area (Å²) in [6.45, 7) is 1.71. The van der Waals surface area contributed by atoms with Gasteiger partial charge in [-0.3, -0.25) is 14.4 Å². The Hall–Kier alpha value is -2.77. The van der Waals surface area contributed by atoms with E-state index in [1.807, 2.05) is 0 Å². The molecule has 1 N–H and O–H groups in total. The Morgan fingerprint density at radius 1 is 1.32 bits per heavy atom. The zero-order valence-electron chi connectivity index (χ0n) is 14.1. The molecule has 1 aromatic rings. The Kier molecular flexibility index (Phi) is 5.84. The fraction of sp³-hybridized carbons (Fsp3) is 0.412. The van der Waals surface area contributed by atoms with E-state index in [4.69, 9.17) is 5.11 Å². The lowest BCUT2D eigenvalue weighted by Gasteiger charge is -2.26. The second-order valence-electron chi connectivity index (χ2n) is 6.05. The molecule has 7 nitrogen and oxygen atoms in total. The van der Waals surface area contributed by atoms with Crippen molar-refractivity contribution in [3.63, 3.8) is 0 Å². The highest BCUT2D eigenvalue weighted by Crippen LogP contribution is 2.15. The van der Waals surface area contributed by atoms with Gasteiger partial charge < -0.3 is 10.0 Å². The maximum atomic E-state index is 13.0. The Morgan fingerprint density at radius 3 is 2.56 bits per heavy atom. The molecule has 0 bridgehead atoms. The van der Waals surface area contributed by atoms with Gasteiger partial charge in [0.25, 0.3) is 5.91 Å². The van der Waals surface area contributed by atoms with Crippen LogP contribution < -0.4 is 0 Å². The number of hydrogen-bond acceptors (Lipinski definition) is 4. The molecule has 0 saturated heterocycles. The fourth-order valence-corrected chi connectivity index (χ4v) is 2.43. The van der Waals surface area contributed by atoms with Gasteiger partial charge in [-0.15, -0.1) is 0 Å². The normalized spacial score (nSPS) is 15.6. The molecule has 1 aromatic carbocycles. The molecule has 1 heterocycles. The molecule has 0 fully saturated rings.